The van der Waals surface area contributed by atoms with Gasteiger partial charge in [0.2, 0.25) is 5.95 Å². The third-order valence-electron chi connectivity index (χ3n) is 3.15. The zero-order chi connectivity index (χ0) is 13.2. The second kappa shape index (κ2) is 4.91. The van der Waals surface area contributed by atoms with Gasteiger partial charge in [0.1, 0.15) is 0 Å². The summed E-state index contributed by atoms with van der Waals surface area (Å²) in [5, 5.41) is 26.0. The maximum absolute atomic E-state index is 9.37. The van der Waals surface area contributed by atoms with Crippen LogP contribution in [-0.4, -0.2) is 43.6 Å². The van der Waals surface area contributed by atoms with Gasteiger partial charge >= 0.3 is 0 Å². The highest BCUT2D eigenvalue weighted by Crippen LogP contribution is 2.16. The molecule has 0 atom stereocenters. The Labute approximate surface area is 105 Å². The highest BCUT2D eigenvalue weighted by Gasteiger charge is 2.27. The zero-order valence-corrected chi connectivity index (χ0v) is 10.6. The van der Waals surface area contributed by atoms with Crippen LogP contribution in [0.5, 0.6) is 0 Å². The average molecular weight is 250 g/mol. The lowest BCUT2D eigenvalue weighted by Crippen LogP contribution is -2.45. The molecule has 2 rings (SSSR count). The molecule has 0 saturated heterocycles. The summed E-state index contributed by atoms with van der Waals surface area (Å²) in [7, 11) is 0. The lowest BCUT2D eigenvalue weighted by molar-refractivity contribution is 0.132. The van der Waals surface area contributed by atoms with E-state index in [-0.39, 0.29) is 13.2 Å². The number of aromatic nitrogens is 3. The van der Waals surface area contributed by atoms with Gasteiger partial charge in [-0.2, -0.15) is 4.98 Å². The number of pyridine rings is 1. The number of aliphatic hydroxyl groups excluding tert-OH is 2. The van der Waals surface area contributed by atoms with Crippen molar-refractivity contribution in [3.63, 3.8) is 0 Å². The molecule has 0 saturated carbocycles. The highest BCUT2D eigenvalue weighted by molar-refractivity contribution is 5.46. The third-order valence-corrected chi connectivity index (χ3v) is 3.15. The minimum Gasteiger partial charge on any atom is -0.394 e. The van der Waals surface area contributed by atoms with E-state index in [1.54, 1.807) is 4.52 Å². The predicted octanol–water partition coefficient (Wildman–Crippen LogP) is 0.583. The molecule has 0 unspecified atom stereocenters. The third kappa shape index (κ3) is 2.30. The van der Waals surface area contributed by atoms with Gasteiger partial charge in [-0.1, -0.05) is 6.92 Å². The molecule has 3 N–H and O–H groups in total. The monoisotopic (exact) mass is 250 g/mol. The topological polar surface area (TPSA) is 82.7 Å². The number of anilines is 1. The van der Waals surface area contributed by atoms with Crippen molar-refractivity contribution in [2.75, 3.05) is 18.5 Å². The van der Waals surface area contributed by atoms with Crippen LogP contribution >= 0.6 is 0 Å². The van der Waals surface area contributed by atoms with Gasteiger partial charge < -0.3 is 15.5 Å². The SMILES string of the molecule is CCC(CO)(CO)Nc1nc2cc(C)ccn2n1. The van der Waals surface area contributed by atoms with Gasteiger partial charge in [-0.05, 0) is 31.0 Å². The van der Waals surface area contributed by atoms with E-state index in [0.717, 1.165) is 11.2 Å². The van der Waals surface area contributed by atoms with Gasteiger partial charge in [0, 0.05) is 6.20 Å². The Hall–Kier alpha value is -1.66. The molecule has 0 aromatic carbocycles. The predicted molar refractivity (Wildman–Crippen MR) is 68.5 cm³/mol. The summed E-state index contributed by atoms with van der Waals surface area (Å²) in [6.45, 7) is 3.53. The Balaban J connectivity index is 2.31. The summed E-state index contributed by atoms with van der Waals surface area (Å²) in [5.41, 5.74) is 1.06. The van der Waals surface area contributed by atoms with Gasteiger partial charge in [0.05, 0.1) is 18.8 Å². The number of fused-ring (bicyclic) bond motifs is 1. The van der Waals surface area contributed by atoms with Crippen LogP contribution in [0.25, 0.3) is 5.65 Å². The number of nitrogens with zero attached hydrogens (tertiary/aromatic N) is 3. The Morgan fingerprint density at radius 3 is 2.72 bits per heavy atom. The van der Waals surface area contributed by atoms with E-state index in [9.17, 15) is 10.2 Å². The lowest BCUT2D eigenvalue weighted by Gasteiger charge is -2.28. The van der Waals surface area contributed by atoms with Gasteiger partial charge in [0.25, 0.3) is 0 Å². The molecule has 2 aromatic heterocycles. The molecular weight excluding hydrogens is 232 g/mol. The van der Waals surface area contributed by atoms with E-state index >= 15 is 0 Å². The number of rotatable bonds is 5. The van der Waals surface area contributed by atoms with E-state index in [4.69, 9.17) is 0 Å². The fourth-order valence-corrected chi connectivity index (χ4v) is 1.71. The van der Waals surface area contributed by atoms with E-state index in [1.807, 2.05) is 32.2 Å². The van der Waals surface area contributed by atoms with E-state index in [2.05, 4.69) is 15.4 Å². The first-order valence-electron chi connectivity index (χ1n) is 5.95. The molecule has 98 valence electrons. The van der Waals surface area contributed by atoms with Gasteiger partial charge in [-0.3, -0.25) is 0 Å². The van der Waals surface area contributed by atoms with Crippen molar-refractivity contribution in [3.05, 3.63) is 23.9 Å². The first-order valence-corrected chi connectivity index (χ1v) is 5.95. The molecule has 2 aromatic rings. The van der Waals surface area contributed by atoms with Crippen LogP contribution in [0.1, 0.15) is 18.9 Å². The molecule has 0 spiro atoms. The van der Waals surface area contributed by atoms with Crippen molar-refractivity contribution < 1.29 is 10.2 Å². The van der Waals surface area contributed by atoms with Crippen molar-refractivity contribution in [2.24, 2.45) is 0 Å². The number of aliphatic hydroxyl groups is 2. The number of nitrogens with one attached hydrogen (secondary N) is 1. The molecule has 18 heavy (non-hydrogen) atoms. The molecule has 0 amide bonds. The second-order valence-electron chi connectivity index (χ2n) is 4.52. The smallest absolute Gasteiger partial charge is 0.243 e. The Bertz CT molecular complexity index is 526. The Morgan fingerprint density at radius 2 is 2.11 bits per heavy atom. The van der Waals surface area contributed by atoms with Crippen LogP contribution < -0.4 is 5.32 Å². The van der Waals surface area contributed by atoms with Crippen molar-refractivity contribution in [1.82, 2.24) is 14.6 Å². The molecule has 0 aliphatic carbocycles. The van der Waals surface area contributed by atoms with Crippen LogP contribution in [0, 0.1) is 6.92 Å². The van der Waals surface area contributed by atoms with Gasteiger partial charge in [-0.25, -0.2) is 4.52 Å². The molecule has 0 fully saturated rings. The largest absolute Gasteiger partial charge is 0.394 e. The highest BCUT2D eigenvalue weighted by atomic mass is 16.3. The quantitative estimate of drug-likeness (QED) is 0.723. The maximum atomic E-state index is 9.37. The summed E-state index contributed by atoms with van der Waals surface area (Å²) < 4.78 is 1.66. The zero-order valence-electron chi connectivity index (χ0n) is 10.6. The minimum atomic E-state index is -0.778. The first kappa shape index (κ1) is 12.8. The molecule has 0 bridgehead atoms. The number of aryl methyl sites for hydroxylation is 1. The van der Waals surface area contributed by atoms with Crippen LogP contribution in [0.3, 0.4) is 0 Å². The fraction of sp³-hybridized carbons (Fsp3) is 0.500. The normalized spacial score (nSPS) is 12.0. The molecule has 0 radical (unpaired) electrons. The van der Waals surface area contributed by atoms with Crippen molar-refractivity contribution >= 4 is 11.6 Å². The summed E-state index contributed by atoms with van der Waals surface area (Å²) >= 11 is 0. The molecule has 6 nitrogen and oxygen atoms in total. The second-order valence-corrected chi connectivity index (χ2v) is 4.52. The van der Waals surface area contributed by atoms with Crippen molar-refractivity contribution in [1.29, 1.82) is 0 Å². The molecule has 0 aliphatic rings. The van der Waals surface area contributed by atoms with Gasteiger partial charge in [-0.15, -0.1) is 5.10 Å². The number of hydrogen-bond acceptors (Lipinski definition) is 5. The Kier molecular flexibility index (Phi) is 3.49. The molecular formula is C12H18N4O2. The average Bonchev–Trinajstić information content (AvgIpc) is 2.77. The Morgan fingerprint density at radius 1 is 1.39 bits per heavy atom. The molecule has 2 heterocycles. The van der Waals surface area contributed by atoms with Crippen molar-refractivity contribution in [3.8, 4) is 0 Å². The van der Waals surface area contributed by atoms with Crippen LogP contribution in [0.2, 0.25) is 0 Å². The standard InChI is InChI=1S/C12H18N4O2/c1-3-12(7-17,8-18)14-11-13-10-6-9(2)4-5-16(10)15-11/h4-6,17-18H,3,7-8H2,1-2H3,(H,14,15). The van der Waals surface area contributed by atoms with E-state index < -0.39 is 5.54 Å². The summed E-state index contributed by atoms with van der Waals surface area (Å²) in [5.74, 6) is 0.408. The van der Waals surface area contributed by atoms with Crippen LogP contribution in [0.15, 0.2) is 18.3 Å². The van der Waals surface area contributed by atoms with Crippen molar-refractivity contribution in [2.45, 2.75) is 25.8 Å². The van der Waals surface area contributed by atoms with Gasteiger partial charge in [0.15, 0.2) is 5.65 Å². The molecule has 0 aliphatic heterocycles. The van der Waals surface area contributed by atoms with E-state index in [0.29, 0.717) is 12.4 Å². The van der Waals surface area contributed by atoms with Crippen LogP contribution in [0.4, 0.5) is 5.95 Å². The first-order chi connectivity index (χ1) is 8.62. The maximum Gasteiger partial charge on any atom is 0.243 e. The lowest BCUT2D eigenvalue weighted by atomic mass is 9.99. The summed E-state index contributed by atoms with van der Waals surface area (Å²) in [6.07, 6.45) is 2.41. The summed E-state index contributed by atoms with van der Waals surface area (Å²) in [6, 6.07) is 3.86. The fourth-order valence-electron chi connectivity index (χ4n) is 1.71. The van der Waals surface area contributed by atoms with Crippen LogP contribution in [-0.2, 0) is 0 Å². The minimum absolute atomic E-state index is 0.172. The summed E-state index contributed by atoms with van der Waals surface area (Å²) in [4.78, 5) is 4.32. The number of hydrogen-bond donors (Lipinski definition) is 3. The van der Waals surface area contributed by atoms with E-state index in [1.165, 1.54) is 0 Å². The molecule has 6 heteroatoms.